The maximum absolute atomic E-state index is 13.4. The van der Waals surface area contributed by atoms with Gasteiger partial charge in [0.2, 0.25) is 5.76 Å². The summed E-state index contributed by atoms with van der Waals surface area (Å²) in [5, 5.41) is 2.72. The number of nitrogens with one attached hydrogen (secondary N) is 1. The van der Waals surface area contributed by atoms with Crippen molar-refractivity contribution in [2.45, 2.75) is 18.4 Å². The van der Waals surface area contributed by atoms with E-state index in [0.29, 0.717) is 37.3 Å². The Balaban J connectivity index is 1.54. The highest BCUT2D eigenvalue weighted by Crippen LogP contribution is 2.39. The van der Waals surface area contributed by atoms with Gasteiger partial charge in [0.05, 0.1) is 18.8 Å². The number of aromatic nitrogens is 1. The highest BCUT2D eigenvalue weighted by atomic mass is 16.5. The van der Waals surface area contributed by atoms with Crippen molar-refractivity contribution in [2.24, 2.45) is 0 Å². The number of hydrogen-bond acceptors (Lipinski definition) is 6. The third-order valence-corrected chi connectivity index (χ3v) is 5.94. The molecule has 4 rings (SSSR count). The standard InChI is InChI=1S/C24H25N3O5/c1-27(24(11-13-31-14-12-24)18-5-9-20(30-2)10-6-18)23(29)17-3-7-19(8-4-17)26-22(28)21-15-25-16-32-21/h3-10,15-16H,11-14H2,1-2H3,(H,26,28). The summed E-state index contributed by atoms with van der Waals surface area (Å²) in [6.45, 7) is 1.16. The molecule has 0 bridgehead atoms. The Morgan fingerprint density at radius 3 is 2.34 bits per heavy atom. The molecule has 0 atom stereocenters. The van der Waals surface area contributed by atoms with Gasteiger partial charge in [-0.25, -0.2) is 4.98 Å². The summed E-state index contributed by atoms with van der Waals surface area (Å²) >= 11 is 0. The monoisotopic (exact) mass is 435 g/mol. The Bertz CT molecular complexity index is 1060. The van der Waals surface area contributed by atoms with Crippen molar-refractivity contribution in [1.82, 2.24) is 9.88 Å². The van der Waals surface area contributed by atoms with Crippen LogP contribution in [0.3, 0.4) is 0 Å². The lowest BCUT2D eigenvalue weighted by Gasteiger charge is -2.45. The van der Waals surface area contributed by atoms with E-state index in [-0.39, 0.29) is 11.7 Å². The molecule has 1 saturated heterocycles. The zero-order valence-corrected chi connectivity index (χ0v) is 18.0. The minimum Gasteiger partial charge on any atom is -0.497 e. The molecule has 0 spiro atoms. The van der Waals surface area contributed by atoms with Crippen LogP contribution in [0.15, 0.2) is 65.5 Å². The summed E-state index contributed by atoms with van der Waals surface area (Å²) in [6, 6.07) is 14.6. The van der Waals surface area contributed by atoms with E-state index in [1.54, 1.807) is 36.3 Å². The number of ether oxygens (including phenoxy) is 2. The molecule has 32 heavy (non-hydrogen) atoms. The van der Waals surface area contributed by atoms with Crippen LogP contribution in [0.5, 0.6) is 5.75 Å². The molecule has 1 fully saturated rings. The first-order valence-electron chi connectivity index (χ1n) is 10.3. The number of amides is 2. The second-order valence-electron chi connectivity index (χ2n) is 7.63. The van der Waals surface area contributed by atoms with Crippen LogP contribution in [-0.4, -0.2) is 49.1 Å². The molecule has 1 aliphatic rings. The average molecular weight is 435 g/mol. The molecule has 1 aromatic heterocycles. The Hall–Kier alpha value is -3.65. The van der Waals surface area contributed by atoms with Crippen molar-refractivity contribution in [1.29, 1.82) is 0 Å². The van der Waals surface area contributed by atoms with E-state index in [0.717, 1.165) is 11.3 Å². The molecule has 2 aromatic carbocycles. The molecular weight excluding hydrogens is 410 g/mol. The van der Waals surface area contributed by atoms with Crippen LogP contribution in [0, 0.1) is 0 Å². The van der Waals surface area contributed by atoms with Gasteiger partial charge in [0.1, 0.15) is 5.75 Å². The highest BCUT2D eigenvalue weighted by Gasteiger charge is 2.41. The zero-order chi connectivity index (χ0) is 22.6. The summed E-state index contributed by atoms with van der Waals surface area (Å²) in [5.74, 6) is 0.383. The molecule has 8 nitrogen and oxygen atoms in total. The Kier molecular flexibility index (Phi) is 6.23. The largest absolute Gasteiger partial charge is 0.497 e. The van der Waals surface area contributed by atoms with Crippen LogP contribution < -0.4 is 10.1 Å². The maximum Gasteiger partial charge on any atom is 0.293 e. The first kappa shape index (κ1) is 21.6. The summed E-state index contributed by atoms with van der Waals surface area (Å²) in [7, 11) is 3.46. The summed E-state index contributed by atoms with van der Waals surface area (Å²) in [4.78, 5) is 31.1. The molecular formula is C24H25N3O5. The highest BCUT2D eigenvalue weighted by molar-refractivity contribution is 6.02. The number of rotatable bonds is 6. The van der Waals surface area contributed by atoms with E-state index in [1.807, 2.05) is 31.3 Å². The number of benzene rings is 2. The minimum atomic E-state index is -0.471. The smallest absolute Gasteiger partial charge is 0.293 e. The van der Waals surface area contributed by atoms with Gasteiger partial charge in [-0.1, -0.05) is 12.1 Å². The van der Waals surface area contributed by atoms with Crippen molar-refractivity contribution in [2.75, 3.05) is 32.7 Å². The zero-order valence-electron chi connectivity index (χ0n) is 18.0. The van der Waals surface area contributed by atoms with Crippen molar-refractivity contribution in [3.63, 3.8) is 0 Å². The van der Waals surface area contributed by atoms with Crippen molar-refractivity contribution in [3.8, 4) is 5.75 Å². The van der Waals surface area contributed by atoms with Gasteiger partial charge in [0.15, 0.2) is 6.39 Å². The number of methoxy groups -OCH3 is 1. The Labute approximate surface area is 186 Å². The van der Waals surface area contributed by atoms with Crippen LogP contribution >= 0.6 is 0 Å². The Morgan fingerprint density at radius 2 is 1.75 bits per heavy atom. The molecule has 166 valence electrons. The number of hydrogen-bond donors (Lipinski definition) is 1. The summed E-state index contributed by atoms with van der Waals surface area (Å²) < 4.78 is 15.9. The van der Waals surface area contributed by atoms with Crippen LogP contribution in [0.25, 0.3) is 0 Å². The normalized spacial score (nSPS) is 15.1. The molecule has 2 amide bonds. The minimum absolute atomic E-state index is 0.101. The lowest BCUT2D eigenvalue weighted by molar-refractivity contribution is -0.0138. The van der Waals surface area contributed by atoms with Crippen molar-refractivity contribution in [3.05, 3.63) is 78.0 Å². The van der Waals surface area contributed by atoms with E-state index in [9.17, 15) is 9.59 Å². The second-order valence-corrected chi connectivity index (χ2v) is 7.63. The topological polar surface area (TPSA) is 93.9 Å². The average Bonchev–Trinajstić information content (AvgIpc) is 3.39. The molecule has 1 N–H and O–H groups in total. The summed E-state index contributed by atoms with van der Waals surface area (Å²) in [5.41, 5.74) is 1.67. The van der Waals surface area contributed by atoms with Gasteiger partial charge in [-0.15, -0.1) is 0 Å². The lowest BCUT2D eigenvalue weighted by Crippen LogP contribution is -2.50. The Morgan fingerprint density at radius 1 is 1.06 bits per heavy atom. The van der Waals surface area contributed by atoms with Gasteiger partial charge in [-0.3, -0.25) is 9.59 Å². The third-order valence-electron chi connectivity index (χ3n) is 5.94. The third kappa shape index (κ3) is 4.22. The van der Waals surface area contributed by atoms with Gasteiger partial charge >= 0.3 is 0 Å². The van der Waals surface area contributed by atoms with E-state index in [2.05, 4.69) is 10.3 Å². The number of carbonyl (C=O) groups excluding carboxylic acids is 2. The van der Waals surface area contributed by atoms with Gasteiger partial charge in [0, 0.05) is 31.5 Å². The van der Waals surface area contributed by atoms with Crippen LogP contribution in [-0.2, 0) is 10.3 Å². The number of nitrogens with zero attached hydrogens (tertiary/aromatic N) is 2. The van der Waals surface area contributed by atoms with Crippen LogP contribution in [0.1, 0.15) is 39.3 Å². The van der Waals surface area contributed by atoms with Crippen molar-refractivity contribution < 1.29 is 23.5 Å². The lowest BCUT2D eigenvalue weighted by atomic mass is 9.81. The SMILES string of the molecule is COc1ccc(C2(N(C)C(=O)c3ccc(NC(=O)c4cnco4)cc3)CCOCC2)cc1. The molecule has 0 radical (unpaired) electrons. The number of anilines is 1. The fourth-order valence-electron chi connectivity index (χ4n) is 4.03. The van der Waals surface area contributed by atoms with Gasteiger partial charge < -0.3 is 24.1 Å². The molecule has 3 aromatic rings. The van der Waals surface area contributed by atoms with Crippen LogP contribution in [0.4, 0.5) is 5.69 Å². The van der Waals surface area contributed by atoms with Gasteiger partial charge in [-0.2, -0.15) is 0 Å². The van der Waals surface area contributed by atoms with Gasteiger partial charge in [-0.05, 0) is 54.8 Å². The van der Waals surface area contributed by atoms with E-state index < -0.39 is 11.4 Å². The van der Waals surface area contributed by atoms with E-state index in [4.69, 9.17) is 13.9 Å². The van der Waals surface area contributed by atoms with Crippen LogP contribution in [0.2, 0.25) is 0 Å². The second kappa shape index (κ2) is 9.23. The molecule has 0 unspecified atom stereocenters. The number of carbonyl (C=O) groups is 2. The van der Waals surface area contributed by atoms with Crippen molar-refractivity contribution >= 4 is 17.5 Å². The first-order chi connectivity index (χ1) is 15.5. The fraction of sp³-hybridized carbons (Fsp3) is 0.292. The van der Waals surface area contributed by atoms with E-state index >= 15 is 0 Å². The fourth-order valence-corrected chi connectivity index (χ4v) is 4.03. The maximum atomic E-state index is 13.4. The van der Waals surface area contributed by atoms with Gasteiger partial charge in [0.25, 0.3) is 11.8 Å². The molecule has 0 aliphatic carbocycles. The molecule has 0 saturated carbocycles. The number of oxazole rings is 1. The molecule has 1 aliphatic heterocycles. The molecule has 8 heteroatoms. The summed E-state index contributed by atoms with van der Waals surface area (Å²) in [6.07, 6.45) is 3.94. The predicted molar refractivity (Wildman–Crippen MR) is 118 cm³/mol. The first-order valence-corrected chi connectivity index (χ1v) is 10.3. The van der Waals surface area contributed by atoms with E-state index in [1.165, 1.54) is 12.6 Å². The quantitative estimate of drug-likeness (QED) is 0.634. The predicted octanol–water partition coefficient (Wildman–Crippen LogP) is 3.71. The molecule has 2 heterocycles.